The lowest BCUT2D eigenvalue weighted by Gasteiger charge is -2.06. The lowest BCUT2D eigenvalue weighted by Crippen LogP contribution is -2.04. The van der Waals surface area contributed by atoms with Crippen molar-refractivity contribution in [3.63, 3.8) is 0 Å². The molecule has 0 radical (unpaired) electrons. The smallest absolute Gasteiger partial charge is 0.161 e. The molecule has 0 fully saturated rings. The first-order valence-electron chi connectivity index (χ1n) is 8.35. The molecule has 5 nitrogen and oxygen atoms in total. The fourth-order valence-corrected chi connectivity index (χ4v) is 3.57. The molecule has 0 saturated heterocycles. The fourth-order valence-electron chi connectivity index (χ4n) is 2.82. The van der Waals surface area contributed by atoms with Crippen LogP contribution in [0.25, 0.3) is 5.65 Å². The fraction of sp³-hybridized carbons (Fsp3) is 0.263. The summed E-state index contributed by atoms with van der Waals surface area (Å²) in [5.74, 6) is 1.91. The maximum Gasteiger partial charge on any atom is 0.161 e. The Morgan fingerprint density at radius 3 is 2.84 bits per heavy atom. The van der Waals surface area contributed by atoms with Gasteiger partial charge in [0.1, 0.15) is 11.4 Å². The van der Waals surface area contributed by atoms with Gasteiger partial charge in [-0.25, -0.2) is 4.98 Å². The minimum atomic E-state index is 0.831. The van der Waals surface area contributed by atoms with Crippen LogP contribution in [-0.2, 0) is 12.8 Å². The first kappa shape index (κ1) is 16.0. The molecule has 4 rings (SSSR count). The van der Waals surface area contributed by atoms with E-state index >= 15 is 0 Å². The summed E-state index contributed by atoms with van der Waals surface area (Å²) in [6, 6.07) is 12.5. The van der Waals surface area contributed by atoms with E-state index in [4.69, 9.17) is 4.74 Å². The third-order valence-electron chi connectivity index (χ3n) is 4.18. The average Bonchev–Trinajstić information content (AvgIpc) is 3.29. The van der Waals surface area contributed by atoms with Gasteiger partial charge in [-0.15, -0.1) is 0 Å². The molecule has 128 valence electrons. The molecular weight excluding hydrogens is 332 g/mol. The number of imidazole rings is 1. The van der Waals surface area contributed by atoms with Crippen LogP contribution in [0.3, 0.4) is 0 Å². The van der Waals surface area contributed by atoms with Crippen LogP contribution >= 0.6 is 11.8 Å². The number of anilines is 1. The maximum atomic E-state index is 5.25. The predicted molar refractivity (Wildman–Crippen MR) is 104 cm³/mol. The van der Waals surface area contributed by atoms with Gasteiger partial charge < -0.3 is 14.5 Å². The van der Waals surface area contributed by atoms with Crippen LogP contribution in [0.2, 0.25) is 0 Å². The molecule has 0 atom stereocenters. The second-order valence-electron chi connectivity index (χ2n) is 5.92. The Kier molecular flexibility index (Phi) is 4.61. The normalized spacial score (nSPS) is 13.9. The number of nitrogens with one attached hydrogen (secondary N) is 1. The first-order chi connectivity index (χ1) is 12.3. The molecule has 1 aromatic carbocycles. The molecule has 0 saturated carbocycles. The molecule has 3 aromatic rings. The van der Waals surface area contributed by atoms with E-state index in [2.05, 4.69) is 45.8 Å². The largest absolute Gasteiger partial charge is 0.497 e. The summed E-state index contributed by atoms with van der Waals surface area (Å²) in [5.41, 5.74) is 4.41. The monoisotopic (exact) mass is 352 g/mol. The zero-order valence-corrected chi connectivity index (χ0v) is 14.9. The Hall–Kier alpha value is -2.47. The number of nitrogens with zero attached hydrogens (tertiary/aromatic N) is 3. The van der Waals surface area contributed by atoms with Crippen LogP contribution in [-0.4, -0.2) is 34.0 Å². The SMILES string of the molecule is COc1ccn2cc(CCc3ccc(NC4=NCCS4)cc3)nc2c1. The summed E-state index contributed by atoms with van der Waals surface area (Å²) < 4.78 is 7.28. The van der Waals surface area contributed by atoms with Crippen molar-refractivity contribution < 1.29 is 4.74 Å². The highest BCUT2D eigenvalue weighted by Gasteiger charge is 2.07. The molecule has 1 aliphatic rings. The Balaban J connectivity index is 1.39. The maximum absolute atomic E-state index is 5.25. The zero-order valence-electron chi connectivity index (χ0n) is 14.1. The van der Waals surface area contributed by atoms with E-state index in [0.717, 1.165) is 53.1 Å². The summed E-state index contributed by atoms with van der Waals surface area (Å²) >= 11 is 1.77. The highest BCUT2D eigenvalue weighted by molar-refractivity contribution is 8.14. The van der Waals surface area contributed by atoms with E-state index in [0.29, 0.717) is 0 Å². The number of aliphatic imine (C=N–C) groups is 1. The van der Waals surface area contributed by atoms with Gasteiger partial charge in [-0.1, -0.05) is 23.9 Å². The number of methoxy groups -OCH3 is 1. The van der Waals surface area contributed by atoms with Crippen LogP contribution in [0.15, 0.2) is 53.8 Å². The van der Waals surface area contributed by atoms with E-state index in [1.54, 1.807) is 18.9 Å². The molecule has 0 bridgehead atoms. The number of pyridine rings is 1. The van der Waals surface area contributed by atoms with Gasteiger partial charge in [-0.2, -0.15) is 0 Å². The lowest BCUT2D eigenvalue weighted by molar-refractivity contribution is 0.414. The van der Waals surface area contributed by atoms with E-state index in [1.165, 1.54) is 5.56 Å². The van der Waals surface area contributed by atoms with Crippen molar-refractivity contribution >= 4 is 28.3 Å². The second-order valence-corrected chi connectivity index (χ2v) is 7.01. The predicted octanol–water partition coefficient (Wildman–Crippen LogP) is 3.64. The van der Waals surface area contributed by atoms with Crippen molar-refractivity contribution in [2.45, 2.75) is 12.8 Å². The van der Waals surface area contributed by atoms with Gasteiger partial charge in [0.25, 0.3) is 0 Å². The second kappa shape index (κ2) is 7.19. The number of benzene rings is 1. The number of rotatable bonds is 5. The molecule has 0 spiro atoms. The number of fused-ring (bicyclic) bond motifs is 1. The van der Waals surface area contributed by atoms with Gasteiger partial charge in [0.2, 0.25) is 0 Å². The van der Waals surface area contributed by atoms with Gasteiger partial charge in [0.05, 0.1) is 19.3 Å². The van der Waals surface area contributed by atoms with Crippen LogP contribution in [0.5, 0.6) is 5.75 Å². The zero-order chi connectivity index (χ0) is 17.1. The molecule has 3 heterocycles. The molecule has 0 unspecified atom stereocenters. The molecule has 0 amide bonds. The number of thioether (sulfide) groups is 1. The van der Waals surface area contributed by atoms with Gasteiger partial charge in [-0.3, -0.25) is 4.99 Å². The summed E-state index contributed by atoms with van der Waals surface area (Å²) in [6.45, 7) is 0.913. The number of hydrogen-bond donors (Lipinski definition) is 1. The van der Waals surface area contributed by atoms with Gasteiger partial charge in [-0.05, 0) is 36.6 Å². The van der Waals surface area contributed by atoms with Crippen molar-refractivity contribution in [1.82, 2.24) is 9.38 Å². The standard InChI is InChI=1S/C19H20N4OS/c1-24-17-8-10-23-13-16(21-18(23)12-17)7-4-14-2-5-15(6-3-14)22-19-20-9-11-25-19/h2-3,5-6,8,10,12-13H,4,7,9,11H2,1H3,(H,20,22). The minimum absolute atomic E-state index is 0.831. The quantitative estimate of drug-likeness (QED) is 0.762. The van der Waals surface area contributed by atoms with E-state index < -0.39 is 0 Å². The molecular formula is C19H20N4OS. The van der Waals surface area contributed by atoms with E-state index in [-0.39, 0.29) is 0 Å². The first-order valence-corrected chi connectivity index (χ1v) is 9.33. The minimum Gasteiger partial charge on any atom is -0.497 e. The Labute approximate surface area is 151 Å². The van der Waals surface area contributed by atoms with Gasteiger partial charge >= 0.3 is 0 Å². The van der Waals surface area contributed by atoms with Crippen molar-refractivity contribution in [3.05, 3.63) is 60.0 Å². The van der Waals surface area contributed by atoms with E-state index in [9.17, 15) is 0 Å². The molecule has 25 heavy (non-hydrogen) atoms. The number of amidine groups is 1. The number of hydrogen-bond acceptors (Lipinski definition) is 5. The van der Waals surface area contributed by atoms with Crippen molar-refractivity contribution in [2.24, 2.45) is 4.99 Å². The molecule has 1 aliphatic heterocycles. The highest BCUT2D eigenvalue weighted by atomic mass is 32.2. The topological polar surface area (TPSA) is 50.9 Å². The van der Waals surface area contributed by atoms with Crippen molar-refractivity contribution in [1.29, 1.82) is 0 Å². The Morgan fingerprint density at radius 2 is 2.08 bits per heavy atom. The Morgan fingerprint density at radius 1 is 1.20 bits per heavy atom. The van der Waals surface area contributed by atoms with E-state index in [1.807, 2.05) is 22.7 Å². The molecule has 2 aromatic heterocycles. The van der Waals surface area contributed by atoms with Crippen molar-refractivity contribution in [3.8, 4) is 5.75 Å². The van der Waals surface area contributed by atoms with Crippen LogP contribution in [0.4, 0.5) is 5.69 Å². The highest BCUT2D eigenvalue weighted by Crippen LogP contribution is 2.18. The molecule has 0 aliphatic carbocycles. The summed E-state index contributed by atoms with van der Waals surface area (Å²) in [6.07, 6.45) is 5.95. The Bertz CT molecular complexity index is 901. The summed E-state index contributed by atoms with van der Waals surface area (Å²) in [4.78, 5) is 9.09. The van der Waals surface area contributed by atoms with Gasteiger partial charge in [0, 0.05) is 29.9 Å². The van der Waals surface area contributed by atoms with Gasteiger partial charge in [0.15, 0.2) is 5.17 Å². The number of ether oxygens (including phenoxy) is 1. The number of aromatic nitrogens is 2. The lowest BCUT2D eigenvalue weighted by atomic mass is 10.1. The van der Waals surface area contributed by atoms with Crippen LogP contribution in [0.1, 0.15) is 11.3 Å². The third kappa shape index (κ3) is 3.79. The van der Waals surface area contributed by atoms with Crippen LogP contribution < -0.4 is 10.1 Å². The summed E-state index contributed by atoms with van der Waals surface area (Å²) in [7, 11) is 1.67. The molecule has 6 heteroatoms. The molecule has 1 N–H and O–H groups in total. The summed E-state index contributed by atoms with van der Waals surface area (Å²) in [5, 5.41) is 4.38. The van der Waals surface area contributed by atoms with Crippen LogP contribution in [0, 0.1) is 0 Å². The third-order valence-corrected chi connectivity index (χ3v) is 5.07. The number of aryl methyl sites for hydroxylation is 2. The van der Waals surface area contributed by atoms with Crippen molar-refractivity contribution in [2.75, 3.05) is 24.7 Å². The average molecular weight is 352 g/mol.